The second kappa shape index (κ2) is 6.03. The van der Waals surface area contributed by atoms with Gasteiger partial charge in [0.15, 0.2) is 0 Å². The summed E-state index contributed by atoms with van der Waals surface area (Å²) >= 11 is 0. The van der Waals surface area contributed by atoms with Crippen LogP contribution in [0.2, 0.25) is 0 Å². The molecule has 6 heteroatoms. The predicted octanol–water partition coefficient (Wildman–Crippen LogP) is 0.425. The lowest BCUT2D eigenvalue weighted by Crippen LogP contribution is -2.42. The Hall–Kier alpha value is -1.85. The number of aliphatic carboxylic acids is 1. The summed E-state index contributed by atoms with van der Waals surface area (Å²) in [5, 5.41) is 11.4. The van der Waals surface area contributed by atoms with Crippen molar-refractivity contribution in [3.05, 3.63) is 18.2 Å². The number of nitrogens with one attached hydrogen (secondary N) is 1. The van der Waals surface area contributed by atoms with E-state index in [-0.39, 0.29) is 12.5 Å². The average molecular weight is 239 g/mol. The van der Waals surface area contributed by atoms with Crippen LogP contribution in [0.1, 0.15) is 26.1 Å². The fourth-order valence-electron chi connectivity index (χ4n) is 1.59. The quantitative estimate of drug-likeness (QED) is 0.753. The molecule has 0 bridgehead atoms. The van der Waals surface area contributed by atoms with Gasteiger partial charge in [0, 0.05) is 25.7 Å². The summed E-state index contributed by atoms with van der Waals surface area (Å²) in [6, 6.07) is -0.919. The Morgan fingerprint density at radius 2 is 2.29 bits per heavy atom. The first-order chi connectivity index (χ1) is 8.04. The van der Waals surface area contributed by atoms with Gasteiger partial charge in [-0.3, -0.25) is 4.79 Å². The number of nitrogens with zero attached hydrogens (tertiary/aromatic N) is 2. The lowest BCUT2D eigenvalue weighted by Gasteiger charge is -2.15. The first kappa shape index (κ1) is 13.2. The minimum atomic E-state index is -1.05. The van der Waals surface area contributed by atoms with E-state index < -0.39 is 12.0 Å². The summed E-state index contributed by atoms with van der Waals surface area (Å²) in [6.45, 7) is 3.53. The summed E-state index contributed by atoms with van der Waals surface area (Å²) in [5.74, 6) is -0.560. The van der Waals surface area contributed by atoms with Gasteiger partial charge < -0.3 is 15.0 Å². The molecule has 1 heterocycles. The molecule has 0 fully saturated rings. The number of aryl methyl sites for hydroxylation is 1. The van der Waals surface area contributed by atoms with E-state index in [1.807, 2.05) is 6.92 Å². The third-order valence-corrected chi connectivity index (χ3v) is 2.33. The van der Waals surface area contributed by atoms with Crippen molar-refractivity contribution in [1.29, 1.82) is 0 Å². The molecule has 1 rings (SSSR count). The minimum absolute atomic E-state index is 0.199. The van der Waals surface area contributed by atoms with Gasteiger partial charge in [0.25, 0.3) is 0 Å². The molecule has 1 unspecified atom stereocenters. The molecule has 0 aromatic carbocycles. The number of amides is 1. The van der Waals surface area contributed by atoms with Crippen molar-refractivity contribution in [2.75, 3.05) is 0 Å². The molecule has 2 N–H and O–H groups in total. The van der Waals surface area contributed by atoms with Gasteiger partial charge in [-0.05, 0) is 6.42 Å². The molecule has 1 aromatic rings. The number of carboxylic acid groups (broad SMARTS) is 1. The number of aromatic nitrogens is 2. The van der Waals surface area contributed by atoms with Crippen LogP contribution in [0.25, 0.3) is 0 Å². The van der Waals surface area contributed by atoms with Gasteiger partial charge in [-0.2, -0.15) is 0 Å². The van der Waals surface area contributed by atoms with Gasteiger partial charge in [-0.25, -0.2) is 9.78 Å². The lowest BCUT2D eigenvalue weighted by atomic mass is 10.2. The van der Waals surface area contributed by atoms with E-state index >= 15 is 0 Å². The van der Waals surface area contributed by atoms with Crippen molar-refractivity contribution in [1.82, 2.24) is 14.9 Å². The molecule has 94 valence electrons. The normalized spacial score (nSPS) is 12.1. The molecule has 0 spiro atoms. The Morgan fingerprint density at radius 1 is 1.59 bits per heavy atom. The Balaban J connectivity index is 2.74. The molecule has 0 radical (unpaired) electrons. The van der Waals surface area contributed by atoms with E-state index in [9.17, 15) is 9.59 Å². The highest BCUT2D eigenvalue weighted by molar-refractivity contribution is 5.81. The third-order valence-electron chi connectivity index (χ3n) is 2.33. The maximum Gasteiger partial charge on any atom is 0.328 e. The molecule has 0 saturated heterocycles. The van der Waals surface area contributed by atoms with Crippen LogP contribution in [0.3, 0.4) is 0 Å². The van der Waals surface area contributed by atoms with Crippen LogP contribution < -0.4 is 5.32 Å². The highest BCUT2D eigenvalue weighted by Gasteiger charge is 2.19. The van der Waals surface area contributed by atoms with Crippen LogP contribution >= 0.6 is 0 Å². The molecule has 1 amide bonds. The molecule has 17 heavy (non-hydrogen) atoms. The van der Waals surface area contributed by atoms with Crippen LogP contribution in [0.5, 0.6) is 0 Å². The first-order valence-electron chi connectivity index (χ1n) is 5.54. The summed E-state index contributed by atoms with van der Waals surface area (Å²) in [5.41, 5.74) is 0. The zero-order chi connectivity index (χ0) is 12.8. The van der Waals surface area contributed by atoms with Crippen LogP contribution in [0.15, 0.2) is 12.4 Å². The third kappa shape index (κ3) is 3.90. The van der Waals surface area contributed by atoms with Gasteiger partial charge >= 0.3 is 5.97 Å². The lowest BCUT2D eigenvalue weighted by molar-refractivity contribution is -0.141. The fourth-order valence-corrected chi connectivity index (χ4v) is 1.59. The Kier molecular flexibility index (Phi) is 4.68. The van der Waals surface area contributed by atoms with Gasteiger partial charge in [-0.15, -0.1) is 0 Å². The summed E-state index contributed by atoms with van der Waals surface area (Å²) in [6.07, 6.45) is 5.09. The molecular weight excluding hydrogens is 222 g/mol. The van der Waals surface area contributed by atoms with E-state index in [0.29, 0.717) is 0 Å². The predicted molar refractivity (Wildman–Crippen MR) is 61.5 cm³/mol. The van der Waals surface area contributed by atoms with Crippen LogP contribution in [-0.4, -0.2) is 32.6 Å². The molecule has 0 aliphatic carbocycles. The average Bonchev–Trinajstić information content (AvgIpc) is 2.64. The van der Waals surface area contributed by atoms with E-state index in [1.165, 1.54) is 6.92 Å². The standard InChI is InChI=1S/C11H17N3O3/c1-3-4-10-12-5-6-14(10)7-9(11(16)17)13-8(2)15/h5-6,9H,3-4,7H2,1-2H3,(H,13,15)(H,16,17). The molecule has 6 nitrogen and oxygen atoms in total. The van der Waals surface area contributed by atoms with Gasteiger partial charge in [0.2, 0.25) is 5.91 Å². The van der Waals surface area contributed by atoms with Crippen molar-refractivity contribution in [2.24, 2.45) is 0 Å². The minimum Gasteiger partial charge on any atom is -0.480 e. The molecule has 0 saturated carbocycles. The Labute approximate surface area is 99.7 Å². The largest absolute Gasteiger partial charge is 0.480 e. The fraction of sp³-hybridized carbons (Fsp3) is 0.545. The number of carboxylic acids is 1. The SMILES string of the molecule is CCCc1nccn1CC(NC(C)=O)C(=O)O. The Bertz CT molecular complexity index is 400. The van der Waals surface area contributed by atoms with Crippen LogP contribution in [0.4, 0.5) is 0 Å². The van der Waals surface area contributed by atoms with Crippen molar-refractivity contribution in [3.63, 3.8) is 0 Å². The van der Waals surface area contributed by atoms with Gasteiger partial charge in [0.05, 0.1) is 6.54 Å². The van der Waals surface area contributed by atoms with Crippen LogP contribution in [-0.2, 0) is 22.6 Å². The molecular formula is C11H17N3O3. The smallest absolute Gasteiger partial charge is 0.328 e. The highest BCUT2D eigenvalue weighted by atomic mass is 16.4. The first-order valence-corrected chi connectivity index (χ1v) is 5.54. The maximum atomic E-state index is 11.0. The van der Waals surface area contributed by atoms with E-state index in [1.54, 1.807) is 17.0 Å². The zero-order valence-corrected chi connectivity index (χ0v) is 10.0. The zero-order valence-electron chi connectivity index (χ0n) is 10.0. The number of carbonyl (C=O) groups excluding carboxylic acids is 1. The van der Waals surface area contributed by atoms with Crippen molar-refractivity contribution in [2.45, 2.75) is 39.3 Å². The summed E-state index contributed by atoms with van der Waals surface area (Å²) < 4.78 is 1.76. The maximum absolute atomic E-state index is 11.0. The van der Waals surface area contributed by atoms with Crippen LogP contribution in [0, 0.1) is 0 Å². The number of hydrogen-bond donors (Lipinski definition) is 2. The second-order valence-electron chi connectivity index (χ2n) is 3.84. The Morgan fingerprint density at radius 3 is 2.82 bits per heavy atom. The number of imidazole rings is 1. The van der Waals surface area contributed by atoms with E-state index in [0.717, 1.165) is 18.7 Å². The molecule has 1 aromatic heterocycles. The second-order valence-corrected chi connectivity index (χ2v) is 3.84. The van der Waals surface area contributed by atoms with Gasteiger partial charge in [0.1, 0.15) is 11.9 Å². The number of carbonyl (C=O) groups is 2. The van der Waals surface area contributed by atoms with Crippen molar-refractivity contribution >= 4 is 11.9 Å². The molecule has 0 aliphatic rings. The van der Waals surface area contributed by atoms with Gasteiger partial charge in [-0.1, -0.05) is 6.92 Å². The van der Waals surface area contributed by atoms with Crippen molar-refractivity contribution in [3.8, 4) is 0 Å². The topological polar surface area (TPSA) is 84.2 Å². The van der Waals surface area contributed by atoms with Crippen molar-refractivity contribution < 1.29 is 14.7 Å². The van der Waals surface area contributed by atoms with E-state index in [4.69, 9.17) is 5.11 Å². The molecule has 1 atom stereocenters. The monoisotopic (exact) mass is 239 g/mol. The summed E-state index contributed by atoms with van der Waals surface area (Å²) in [4.78, 5) is 26.0. The highest BCUT2D eigenvalue weighted by Crippen LogP contribution is 2.03. The number of rotatable bonds is 6. The molecule has 0 aliphatic heterocycles. The van der Waals surface area contributed by atoms with E-state index in [2.05, 4.69) is 10.3 Å². The number of hydrogen-bond acceptors (Lipinski definition) is 3. The summed E-state index contributed by atoms with van der Waals surface area (Å²) in [7, 11) is 0.